The van der Waals surface area contributed by atoms with Gasteiger partial charge in [0, 0.05) is 13.2 Å². The summed E-state index contributed by atoms with van der Waals surface area (Å²) >= 11 is 0. The van der Waals surface area contributed by atoms with E-state index < -0.39 is 0 Å². The molecule has 3 fully saturated rings. The standard InChI is InChI=1S/C12H21NO/c1-4-10-11(5-1)12(10)8-13-7-9-3-2-6-14-9/h9-13H,1-8H2. The van der Waals surface area contributed by atoms with E-state index in [1.165, 1.54) is 38.6 Å². The zero-order valence-electron chi connectivity index (χ0n) is 8.87. The van der Waals surface area contributed by atoms with E-state index in [1.807, 2.05) is 0 Å². The normalized spacial score (nSPS) is 45.4. The summed E-state index contributed by atoms with van der Waals surface area (Å²) in [4.78, 5) is 0. The first-order valence-corrected chi connectivity index (χ1v) is 6.27. The molecule has 3 atom stereocenters. The molecule has 0 amide bonds. The minimum atomic E-state index is 0.522. The van der Waals surface area contributed by atoms with Crippen LogP contribution in [0.1, 0.15) is 32.1 Å². The van der Waals surface area contributed by atoms with Crippen LogP contribution >= 0.6 is 0 Å². The average Bonchev–Trinajstić information content (AvgIpc) is 2.67. The van der Waals surface area contributed by atoms with Crippen molar-refractivity contribution < 1.29 is 4.74 Å². The zero-order valence-corrected chi connectivity index (χ0v) is 8.87. The van der Waals surface area contributed by atoms with Crippen molar-refractivity contribution in [2.45, 2.75) is 38.2 Å². The summed E-state index contributed by atoms with van der Waals surface area (Å²) in [5.74, 6) is 3.24. The van der Waals surface area contributed by atoms with Gasteiger partial charge in [0.25, 0.3) is 0 Å². The molecule has 1 saturated heterocycles. The van der Waals surface area contributed by atoms with E-state index in [2.05, 4.69) is 5.32 Å². The Balaban J connectivity index is 1.31. The second kappa shape index (κ2) is 3.82. The summed E-state index contributed by atoms with van der Waals surface area (Å²) in [5.41, 5.74) is 0. The highest BCUT2D eigenvalue weighted by molar-refractivity contribution is 5.01. The van der Waals surface area contributed by atoms with E-state index in [-0.39, 0.29) is 0 Å². The molecule has 0 aromatic carbocycles. The largest absolute Gasteiger partial charge is 0.377 e. The summed E-state index contributed by atoms with van der Waals surface area (Å²) in [5, 5.41) is 3.59. The third kappa shape index (κ3) is 1.70. The molecule has 0 aromatic rings. The van der Waals surface area contributed by atoms with Gasteiger partial charge < -0.3 is 10.1 Å². The maximum Gasteiger partial charge on any atom is 0.0700 e. The Kier molecular flexibility index (Phi) is 2.50. The fraction of sp³-hybridized carbons (Fsp3) is 1.00. The van der Waals surface area contributed by atoms with E-state index >= 15 is 0 Å². The van der Waals surface area contributed by atoms with Crippen LogP contribution in [0.15, 0.2) is 0 Å². The van der Waals surface area contributed by atoms with Crippen molar-refractivity contribution in [2.75, 3.05) is 19.7 Å². The van der Waals surface area contributed by atoms with Gasteiger partial charge in [-0.1, -0.05) is 6.42 Å². The molecule has 3 aliphatic rings. The van der Waals surface area contributed by atoms with Crippen LogP contribution in [0.5, 0.6) is 0 Å². The summed E-state index contributed by atoms with van der Waals surface area (Å²) in [7, 11) is 0. The van der Waals surface area contributed by atoms with Crippen molar-refractivity contribution >= 4 is 0 Å². The first-order valence-electron chi connectivity index (χ1n) is 6.27. The van der Waals surface area contributed by atoms with Crippen LogP contribution in [-0.4, -0.2) is 25.8 Å². The molecule has 2 aliphatic carbocycles. The van der Waals surface area contributed by atoms with Crippen molar-refractivity contribution in [3.63, 3.8) is 0 Å². The highest BCUT2D eigenvalue weighted by Crippen LogP contribution is 2.56. The number of fused-ring (bicyclic) bond motifs is 1. The summed E-state index contributed by atoms with van der Waals surface area (Å²) in [6.45, 7) is 3.34. The van der Waals surface area contributed by atoms with Gasteiger partial charge in [0.15, 0.2) is 0 Å². The Labute approximate surface area is 86.4 Å². The monoisotopic (exact) mass is 195 g/mol. The van der Waals surface area contributed by atoms with Gasteiger partial charge in [0.05, 0.1) is 6.10 Å². The third-order valence-corrected chi connectivity index (χ3v) is 4.36. The summed E-state index contributed by atoms with van der Waals surface area (Å²) in [6, 6.07) is 0. The highest BCUT2D eigenvalue weighted by atomic mass is 16.5. The molecule has 2 saturated carbocycles. The number of rotatable bonds is 4. The van der Waals surface area contributed by atoms with Crippen molar-refractivity contribution in [2.24, 2.45) is 17.8 Å². The molecule has 3 rings (SSSR count). The molecule has 1 N–H and O–H groups in total. The van der Waals surface area contributed by atoms with Crippen LogP contribution < -0.4 is 5.32 Å². The minimum Gasteiger partial charge on any atom is -0.377 e. The second-order valence-electron chi connectivity index (χ2n) is 5.22. The number of nitrogens with one attached hydrogen (secondary N) is 1. The van der Waals surface area contributed by atoms with E-state index in [0.717, 1.165) is 30.9 Å². The SMILES string of the molecule is C1COC(CNCC2C3CCCC32)C1. The van der Waals surface area contributed by atoms with Crippen LogP contribution in [-0.2, 0) is 4.74 Å². The van der Waals surface area contributed by atoms with Gasteiger partial charge in [-0.25, -0.2) is 0 Å². The Hall–Kier alpha value is -0.0800. The Morgan fingerprint density at radius 1 is 1.00 bits per heavy atom. The lowest BCUT2D eigenvalue weighted by Gasteiger charge is -2.11. The molecule has 14 heavy (non-hydrogen) atoms. The second-order valence-corrected chi connectivity index (χ2v) is 5.22. The van der Waals surface area contributed by atoms with Gasteiger partial charge in [0.2, 0.25) is 0 Å². The minimum absolute atomic E-state index is 0.522. The van der Waals surface area contributed by atoms with Gasteiger partial charge in [-0.05, 0) is 50.0 Å². The van der Waals surface area contributed by atoms with E-state index in [4.69, 9.17) is 4.74 Å². The quantitative estimate of drug-likeness (QED) is 0.738. The maximum absolute atomic E-state index is 5.59. The van der Waals surface area contributed by atoms with Gasteiger partial charge in [-0.2, -0.15) is 0 Å². The molecular formula is C12H21NO. The van der Waals surface area contributed by atoms with E-state index in [0.29, 0.717) is 6.10 Å². The van der Waals surface area contributed by atoms with Crippen molar-refractivity contribution in [1.82, 2.24) is 5.32 Å². The molecule has 2 heteroatoms. The Bertz CT molecular complexity index is 190. The molecule has 0 aromatic heterocycles. The van der Waals surface area contributed by atoms with E-state index in [9.17, 15) is 0 Å². The fourth-order valence-electron chi connectivity index (χ4n) is 3.49. The third-order valence-electron chi connectivity index (χ3n) is 4.36. The van der Waals surface area contributed by atoms with Crippen molar-refractivity contribution in [1.29, 1.82) is 0 Å². The fourth-order valence-corrected chi connectivity index (χ4v) is 3.49. The smallest absolute Gasteiger partial charge is 0.0700 e. The van der Waals surface area contributed by atoms with Crippen molar-refractivity contribution in [3.8, 4) is 0 Å². The number of hydrogen-bond acceptors (Lipinski definition) is 2. The molecule has 3 unspecified atom stereocenters. The molecule has 0 spiro atoms. The lowest BCUT2D eigenvalue weighted by Crippen LogP contribution is -2.28. The van der Waals surface area contributed by atoms with Gasteiger partial charge in [-0.15, -0.1) is 0 Å². The molecule has 0 bridgehead atoms. The molecule has 0 radical (unpaired) electrons. The van der Waals surface area contributed by atoms with Gasteiger partial charge >= 0.3 is 0 Å². The number of ether oxygens (including phenoxy) is 1. The molecule has 2 nitrogen and oxygen atoms in total. The van der Waals surface area contributed by atoms with Gasteiger partial charge in [-0.3, -0.25) is 0 Å². The summed E-state index contributed by atoms with van der Waals surface area (Å²) in [6.07, 6.45) is 7.57. The lowest BCUT2D eigenvalue weighted by molar-refractivity contribution is 0.110. The van der Waals surface area contributed by atoms with Crippen LogP contribution in [0.3, 0.4) is 0 Å². The number of hydrogen-bond donors (Lipinski definition) is 1. The molecular weight excluding hydrogens is 174 g/mol. The molecule has 1 aliphatic heterocycles. The van der Waals surface area contributed by atoms with Gasteiger partial charge in [0.1, 0.15) is 0 Å². The van der Waals surface area contributed by atoms with Crippen LogP contribution in [0, 0.1) is 17.8 Å². The maximum atomic E-state index is 5.59. The molecule has 80 valence electrons. The van der Waals surface area contributed by atoms with Crippen LogP contribution in [0.4, 0.5) is 0 Å². The van der Waals surface area contributed by atoms with Crippen LogP contribution in [0.2, 0.25) is 0 Å². The zero-order chi connectivity index (χ0) is 9.38. The Morgan fingerprint density at radius 2 is 1.86 bits per heavy atom. The first kappa shape index (κ1) is 9.17. The molecule has 1 heterocycles. The van der Waals surface area contributed by atoms with Crippen molar-refractivity contribution in [3.05, 3.63) is 0 Å². The Morgan fingerprint density at radius 3 is 2.57 bits per heavy atom. The van der Waals surface area contributed by atoms with Crippen LogP contribution in [0.25, 0.3) is 0 Å². The predicted octanol–water partition coefficient (Wildman–Crippen LogP) is 1.80. The topological polar surface area (TPSA) is 21.3 Å². The predicted molar refractivity (Wildman–Crippen MR) is 56.2 cm³/mol. The first-order chi connectivity index (χ1) is 6.95. The van der Waals surface area contributed by atoms with E-state index in [1.54, 1.807) is 0 Å². The average molecular weight is 195 g/mol. The lowest BCUT2D eigenvalue weighted by atomic mass is 10.1. The summed E-state index contributed by atoms with van der Waals surface area (Å²) < 4.78 is 5.59. The highest BCUT2D eigenvalue weighted by Gasteiger charge is 2.51.